The molecule has 0 radical (unpaired) electrons. The first-order chi connectivity index (χ1) is 7.83. The van der Waals surface area contributed by atoms with Crippen LogP contribution < -0.4 is 0 Å². The highest BCUT2D eigenvalue weighted by atomic mass is 127. The molecule has 1 atom stereocenters. The summed E-state index contributed by atoms with van der Waals surface area (Å²) in [5.41, 5.74) is -3.42. The summed E-state index contributed by atoms with van der Waals surface area (Å²) in [6, 6.07) is 0. The van der Waals surface area contributed by atoms with Crippen LogP contribution in [0.4, 0.5) is 8.78 Å². The van der Waals surface area contributed by atoms with Gasteiger partial charge in [0, 0.05) is 10.3 Å². The highest BCUT2D eigenvalue weighted by Gasteiger charge is 2.53. The maximum atomic E-state index is 13.9. The van der Waals surface area contributed by atoms with Crippen LogP contribution in [0, 0.1) is 0 Å². The van der Waals surface area contributed by atoms with Gasteiger partial charge in [0.1, 0.15) is 0 Å². The minimum absolute atomic E-state index is 0.0490. The molecule has 0 rings (SSSR count). The summed E-state index contributed by atoms with van der Waals surface area (Å²) < 4.78 is 48.9. The summed E-state index contributed by atoms with van der Waals surface area (Å²) in [6.07, 6.45) is 1.00. The molecule has 1 unspecified atom stereocenters. The topological polar surface area (TPSA) is 35.5 Å². The zero-order valence-electron chi connectivity index (χ0n) is 10.4. The van der Waals surface area contributed by atoms with Crippen molar-refractivity contribution < 1.29 is 22.4 Å². The molecule has 0 saturated carbocycles. The highest BCUT2D eigenvalue weighted by molar-refractivity contribution is 14.1. The summed E-state index contributed by atoms with van der Waals surface area (Å²) in [7, 11) is -4.34. The van der Waals surface area contributed by atoms with Crippen LogP contribution in [0.15, 0.2) is 0 Å². The molecule has 0 saturated heterocycles. The second kappa shape index (κ2) is 8.02. The summed E-state index contributed by atoms with van der Waals surface area (Å²) in [5.74, 6) is 0. The van der Waals surface area contributed by atoms with Crippen LogP contribution in [-0.4, -0.2) is 22.8 Å². The third kappa shape index (κ3) is 5.49. The van der Waals surface area contributed by atoms with E-state index in [2.05, 4.69) is 0 Å². The lowest BCUT2D eigenvalue weighted by Gasteiger charge is -2.27. The maximum Gasteiger partial charge on any atom is 0.399 e. The van der Waals surface area contributed by atoms with Gasteiger partial charge in [-0.15, -0.1) is 0 Å². The molecule has 0 aliphatic carbocycles. The summed E-state index contributed by atoms with van der Waals surface area (Å²) in [6.45, 7) is 4.87. The van der Waals surface area contributed by atoms with E-state index in [1.54, 1.807) is 0 Å². The van der Waals surface area contributed by atoms with Gasteiger partial charge in [-0.05, 0) is 20.3 Å². The Morgan fingerprint density at radius 1 is 1.24 bits per heavy atom. The Bertz CT molecular complexity index is 254. The number of hydrogen-bond donors (Lipinski definition) is 0. The van der Waals surface area contributed by atoms with Crippen molar-refractivity contribution in [2.75, 3.05) is 13.2 Å². The molecule has 0 aliphatic heterocycles. The molecule has 0 aromatic carbocycles. The highest BCUT2D eigenvalue weighted by Crippen LogP contribution is 2.64. The number of halogens is 3. The van der Waals surface area contributed by atoms with Gasteiger partial charge in [-0.2, -0.15) is 8.78 Å². The molecule has 0 aromatic rings. The van der Waals surface area contributed by atoms with Gasteiger partial charge in [-0.25, -0.2) is 0 Å². The van der Waals surface area contributed by atoms with Crippen LogP contribution in [0.3, 0.4) is 0 Å². The summed E-state index contributed by atoms with van der Waals surface area (Å²) in [4.78, 5) is 0. The SMILES string of the molecule is CCCC(I)CC(F)(F)P(=O)(OCC)OCC. The minimum Gasteiger partial charge on any atom is -0.305 e. The van der Waals surface area contributed by atoms with Gasteiger partial charge < -0.3 is 9.05 Å². The van der Waals surface area contributed by atoms with Crippen LogP contribution in [0.2, 0.25) is 0 Å². The smallest absolute Gasteiger partial charge is 0.305 e. The first-order valence-electron chi connectivity index (χ1n) is 5.74. The van der Waals surface area contributed by atoms with Crippen molar-refractivity contribution >= 4 is 30.2 Å². The van der Waals surface area contributed by atoms with E-state index in [0.717, 1.165) is 6.42 Å². The number of rotatable bonds is 9. The van der Waals surface area contributed by atoms with Gasteiger partial charge in [0.15, 0.2) is 0 Å². The lowest BCUT2D eigenvalue weighted by Crippen LogP contribution is -2.24. The van der Waals surface area contributed by atoms with Crippen LogP contribution in [0.1, 0.15) is 40.0 Å². The number of hydrogen-bond acceptors (Lipinski definition) is 3. The van der Waals surface area contributed by atoms with E-state index in [0.29, 0.717) is 6.42 Å². The molecule has 0 N–H and O–H groups in total. The summed E-state index contributed by atoms with van der Waals surface area (Å²) in [5, 5.41) is 0. The Hall–Kier alpha value is 0.740. The van der Waals surface area contributed by atoms with Crippen molar-refractivity contribution in [1.82, 2.24) is 0 Å². The van der Waals surface area contributed by atoms with Gasteiger partial charge in [-0.3, -0.25) is 4.57 Å². The molecular weight excluding hydrogens is 364 g/mol. The van der Waals surface area contributed by atoms with E-state index in [1.165, 1.54) is 13.8 Å². The fourth-order valence-electron chi connectivity index (χ4n) is 1.36. The zero-order chi connectivity index (χ0) is 13.5. The molecule has 0 fully saturated rings. The lowest BCUT2D eigenvalue weighted by atomic mass is 10.2. The van der Waals surface area contributed by atoms with Crippen molar-refractivity contribution in [3.8, 4) is 0 Å². The Morgan fingerprint density at radius 2 is 1.71 bits per heavy atom. The van der Waals surface area contributed by atoms with Crippen LogP contribution >= 0.6 is 30.2 Å². The average molecular weight is 384 g/mol. The Kier molecular flexibility index (Phi) is 8.37. The third-order valence-electron chi connectivity index (χ3n) is 2.07. The predicted molar refractivity (Wildman–Crippen MR) is 73.1 cm³/mol. The van der Waals surface area contributed by atoms with Gasteiger partial charge in [0.2, 0.25) is 0 Å². The molecular formula is C10H20F2IO3P. The van der Waals surface area contributed by atoms with Crippen molar-refractivity contribution in [3.63, 3.8) is 0 Å². The standard InChI is InChI=1S/C10H20F2IO3P/c1-4-7-9(13)8-10(11,12)17(14,15-5-2)16-6-3/h9H,4-8H2,1-3H3. The van der Waals surface area contributed by atoms with E-state index in [-0.39, 0.29) is 17.1 Å². The molecule has 0 heterocycles. The van der Waals surface area contributed by atoms with E-state index >= 15 is 0 Å². The lowest BCUT2D eigenvalue weighted by molar-refractivity contribution is 0.0319. The number of alkyl halides is 3. The van der Waals surface area contributed by atoms with Crippen LogP contribution in [0.25, 0.3) is 0 Å². The van der Waals surface area contributed by atoms with E-state index < -0.39 is 19.7 Å². The molecule has 104 valence electrons. The largest absolute Gasteiger partial charge is 0.399 e. The molecule has 0 spiro atoms. The second-order valence-electron chi connectivity index (χ2n) is 3.59. The normalized spacial score (nSPS) is 14.9. The average Bonchev–Trinajstić information content (AvgIpc) is 2.17. The molecule has 17 heavy (non-hydrogen) atoms. The van der Waals surface area contributed by atoms with Crippen molar-refractivity contribution in [3.05, 3.63) is 0 Å². The zero-order valence-corrected chi connectivity index (χ0v) is 13.5. The van der Waals surface area contributed by atoms with Gasteiger partial charge in [-0.1, -0.05) is 35.9 Å². The fourth-order valence-corrected chi connectivity index (χ4v) is 4.46. The van der Waals surface area contributed by atoms with E-state index in [1.807, 2.05) is 29.5 Å². The Morgan fingerprint density at radius 3 is 2.06 bits per heavy atom. The van der Waals surface area contributed by atoms with Gasteiger partial charge >= 0.3 is 13.3 Å². The molecule has 7 heteroatoms. The Balaban J connectivity index is 4.76. The van der Waals surface area contributed by atoms with E-state index in [4.69, 9.17) is 9.05 Å². The summed E-state index contributed by atoms with van der Waals surface area (Å²) >= 11 is 1.95. The molecule has 0 aliphatic rings. The second-order valence-corrected chi connectivity index (χ2v) is 7.52. The first-order valence-corrected chi connectivity index (χ1v) is 8.52. The fraction of sp³-hybridized carbons (Fsp3) is 1.00. The monoisotopic (exact) mass is 384 g/mol. The minimum atomic E-state index is -4.34. The molecule has 0 amide bonds. The first kappa shape index (κ1) is 17.7. The Labute approximate surface area is 115 Å². The third-order valence-corrected chi connectivity index (χ3v) is 5.31. The molecule has 3 nitrogen and oxygen atoms in total. The molecule has 0 bridgehead atoms. The van der Waals surface area contributed by atoms with Crippen molar-refractivity contribution in [2.45, 2.75) is 49.6 Å². The van der Waals surface area contributed by atoms with Crippen molar-refractivity contribution in [1.29, 1.82) is 0 Å². The molecule has 0 aromatic heterocycles. The predicted octanol–water partition coefficient (Wildman–Crippen LogP) is 4.84. The van der Waals surface area contributed by atoms with Gasteiger partial charge in [0.05, 0.1) is 13.2 Å². The van der Waals surface area contributed by atoms with E-state index in [9.17, 15) is 13.3 Å². The maximum absolute atomic E-state index is 13.9. The van der Waals surface area contributed by atoms with Crippen LogP contribution in [-0.2, 0) is 13.6 Å². The van der Waals surface area contributed by atoms with Gasteiger partial charge in [0.25, 0.3) is 0 Å². The quantitative estimate of drug-likeness (QED) is 0.324. The van der Waals surface area contributed by atoms with Crippen LogP contribution in [0.5, 0.6) is 0 Å². The van der Waals surface area contributed by atoms with Crippen molar-refractivity contribution in [2.24, 2.45) is 0 Å².